The lowest BCUT2D eigenvalue weighted by Gasteiger charge is -2.22. The Kier molecular flexibility index (Phi) is 7.71. The van der Waals surface area contributed by atoms with Gasteiger partial charge in [-0.3, -0.25) is 4.79 Å². The van der Waals surface area contributed by atoms with Crippen molar-refractivity contribution in [3.05, 3.63) is 35.4 Å². The maximum atomic E-state index is 11.9. The van der Waals surface area contributed by atoms with Crippen molar-refractivity contribution in [1.29, 1.82) is 0 Å². The second-order valence-corrected chi connectivity index (χ2v) is 7.67. The first-order valence-electron chi connectivity index (χ1n) is 10.7. The van der Waals surface area contributed by atoms with Gasteiger partial charge in [-0.25, -0.2) is 4.99 Å². The third kappa shape index (κ3) is 5.71. The number of guanidine groups is 1. The summed E-state index contributed by atoms with van der Waals surface area (Å²) in [5.74, 6) is 1.85. The minimum atomic E-state index is 0.272. The molecule has 0 aliphatic carbocycles. The fourth-order valence-corrected chi connectivity index (χ4v) is 3.96. The summed E-state index contributed by atoms with van der Waals surface area (Å²) >= 11 is 0. The van der Waals surface area contributed by atoms with Crippen LogP contribution in [0.2, 0.25) is 0 Å². The molecule has 1 N–H and O–H groups in total. The standard InChI is InChI=1S/C22H34N4O2/c1-3-23-22(26-12-10-20(16-26)17-28-4-2)24-14-18-7-5-8-19(13-18)15-25-11-6-9-21(25)27/h5,7-8,13,20H,3-4,6,9-12,14-17H2,1-2H3,(H,23,24). The van der Waals surface area contributed by atoms with Crippen LogP contribution in [0.5, 0.6) is 0 Å². The Balaban J connectivity index is 1.60. The van der Waals surface area contributed by atoms with E-state index in [0.717, 1.165) is 58.2 Å². The molecule has 2 fully saturated rings. The van der Waals surface area contributed by atoms with Crippen LogP contribution in [-0.2, 0) is 22.6 Å². The summed E-state index contributed by atoms with van der Waals surface area (Å²) in [5.41, 5.74) is 2.37. The lowest BCUT2D eigenvalue weighted by Crippen LogP contribution is -2.40. The summed E-state index contributed by atoms with van der Waals surface area (Å²) in [6.45, 7) is 10.9. The largest absolute Gasteiger partial charge is 0.381 e. The second-order valence-electron chi connectivity index (χ2n) is 7.67. The first kappa shape index (κ1) is 20.6. The number of likely N-dealkylation sites (tertiary alicyclic amines) is 2. The highest BCUT2D eigenvalue weighted by Crippen LogP contribution is 2.18. The minimum absolute atomic E-state index is 0.272. The zero-order valence-corrected chi connectivity index (χ0v) is 17.3. The van der Waals surface area contributed by atoms with Gasteiger partial charge < -0.3 is 19.9 Å². The molecule has 1 unspecified atom stereocenters. The summed E-state index contributed by atoms with van der Waals surface area (Å²) < 4.78 is 5.60. The monoisotopic (exact) mass is 386 g/mol. The molecule has 2 saturated heterocycles. The molecular weight excluding hydrogens is 352 g/mol. The van der Waals surface area contributed by atoms with Gasteiger partial charge in [-0.05, 0) is 37.8 Å². The van der Waals surface area contributed by atoms with E-state index in [1.54, 1.807) is 0 Å². The molecule has 6 heteroatoms. The molecule has 6 nitrogen and oxygen atoms in total. The van der Waals surface area contributed by atoms with Crippen molar-refractivity contribution in [1.82, 2.24) is 15.1 Å². The summed E-state index contributed by atoms with van der Waals surface area (Å²) in [6, 6.07) is 8.47. The first-order valence-corrected chi connectivity index (χ1v) is 10.7. The van der Waals surface area contributed by atoms with Gasteiger partial charge in [0, 0.05) is 51.7 Å². The first-order chi connectivity index (χ1) is 13.7. The van der Waals surface area contributed by atoms with Gasteiger partial charge in [-0.1, -0.05) is 24.3 Å². The lowest BCUT2D eigenvalue weighted by atomic mass is 10.1. The maximum Gasteiger partial charge on any atom is 0.222 e. The Morgan fingerprint density at radius 3 is 2.89 bits per heavy atom. The smallest absolute Gasteiger partial charge is 0.222 e. The molecule has 2 aliphatic rings. The van der Waals surface area contributed by atoms with Crippen LogP contribution in [0.4, 0.5) is 0 Å². The minimum Gasteiger partial charge on any atom is -0.381 e. The molecule has 0 spiro atoms. The SMILES string of the molecule is CCNC(=NCc1cccc(CN2CCCC2=O)c1)N1CCC(COCC)C1. The second kappa shape index (κ2) is 10.5. The molecular formula is C22H34N4O2. The van der Waals surface area contributed by atoms with Gasteiger partial charge >= 0.3 is 0 Å². The molecule has 1 aromatic rings. The van der Waals surface area contributed by atoms with Crippen LogP contribution in [0, 0.1) is 5.92 Å². The molecule has 1 atom stereocenters. The van der Waals surface area contributed by atoms with Crippen LogP contribution in [-0.4, -0.2) is 61.1 Å². The van der Waals surface area contributed by atoms with E-state index in [1.165, 1.54) is 11.1 Å². The fourth-order valence-electron chi connectivity index (χ4n) is 3.96. The van der Waals surface area contributed by atoms with Gasteiger partial charge in [0.05, 0.1) is 13.2 Å². The Morgan fingerprint density at radius 1 is 1.29 bits per heavy atom. The third-order valence-corrected chi connectivity index (χ3v) is 5.43. The molecule has 0 radical (unpaired) electrons. The quantitative estimate of drug-likeness (QED) is 0.551. The number of aliphatic imine (C=N–C) groups is 1. The number of carbonyl (C=O) groups excluding carboxylic acids is 1. The number of carbonyl (C=O) groups is 1. The molecule has 1 aromatic carbocycles. The number of amides is 1. The van der Waals surface area contributed by atoms with E-state index in [0.29, 0.717) is 25.4 Å². The highest BCUT2D eigenvalue weighted by molar-refractivity contribution is 5.80. The summed E-state index contributed by atoms with van der Waals surface area (Å²) in [7, 11) is 0. The average Bonchev–Trinajstić information content (AvgIpc) is 3.33. The molecule has 1 amide bonds. The van der Waals surface area contributed by atoms with Crippen molar-refractivity contribution < 1.29 is 9.53 Å². The number of nitrogens with one attached hydrogen (secondary N) is 1. The Hall–Kier alpha value is -2.08. The van der Waals surface area contributed by atoms with Gasteiger partial charge in [-0.15, -0.1) is 0 Å². The topological polar surface area (TPSA) is 57.2 Å². The molecule has 2 aliphatic heterocycles. The number of nitrogens with zero attached hydrogens (tertiary/aromatic N) is 3. The van der Waals surface area contributed by atoms with Gasteiger partial charge in [0.15, 0.2) is 5.96 Å². The third-order valence-electron chi connectivity index (χ3n) is 5.43. The van der Waals surface area contributed by atoms with Crippen LogP contribution in [0.15, 0.2) is 29.3 Å². The normalized spacial score (nSPS) is 20.3. The van der Waals surface area contributed by atoms with Gasteiger partial charge in [0.2, 0.25) is 5.91 Å². The molecule has 2 heterocycles. The van der Waals surface area contributed by atoms with E-state index in [1.807, 2.05) is 11.8 Å². The van der Waals surface area contributed by atoms with Crippen molar-refractivity contribution in [2.24, 2.45) is 10.9 Å². The van der Waals surface area contributed by atoms with Crippen LogP contribution in [0.1, 0.15) is 44.2 Å². The molecule has 28 heavy (non-hydrogen) atoms. The van der Waals surface area contributed by atoms with Crippen molar-refractivity contribution in [2.45, 2.75) is 46.2 Å². The van der Waals surface area contributed by atoms with Gasteiger partial charge in [-0.2, -0.15) is 0 Å². The van der Waals surface area contributed by atoms with Gasteiger partial charge in [0.25, 0.3) is 0 Å². The zero-order chi connectivity index (χ0) is 19.8. The number of benzene rings is 1. The van der Waals surface area contributed by atoms with Crippen molar-refractivity contribution >= 4 is 11.9 Å². The molecule has 154 valence electrons. The van der Waals surface area contributed by atoms with E-state index in [2.05, 4.69) is 41.4 Å². The number of hydrogen-bond acceptors (Lipinski definition) is 3. The molecule has 0 aromatic heterocycles. The predicted molar refractivity (Wildman–Crippen MR) is 112 cm³/mol. The zero-order valence-electron chi connectivity index (χ0n) is 17.3. The predicted octanol–water partition coefficient (Wildman–Crippen LogP) is 2.63. The van der Waals surface area contributed by atoms with Crippen LogP contribution >= 0.6 is 0 Å². The maximum absolute atomic E-state index is 11.9. The average molecular weight is 387 g/mol. The number of hydrogen-bond donors (Lipinski definition) is 1. The molecule has 0 saturated carbocycles. The van der Waals surface area contributed by atoms with E-state index in [9.17, 15) is 4.79 Å². The van der Waals surface area contributed by atoms with E-state index in [-0.39, 0.29) is 5.91 Å². The fraction of sp³-hybridized carbons (Fsp3) is 0.636. The Labute approximate surface area is 168 Å². The van der Waals surface area contributed by atoms with E-state index >= 15 is 0 Å². The highest BCUT2D eigenvalue weighted by Gasteiger charge is 2.25. The summed E-state index contributed by atoms with van der Waals surface area (Å²) in [6.07, 6.45) is 2.83. The van der Waals surface area contributed by atoms with E-state index in [4.69, 9.17) is 9.73 Å². The van der Waals surface area contributed by atoms with Crippen molar-refractivity contribution in [2.75, 3.05) is 39.4 Å². The Morgan fingerprint density at radius 2 is 2.14 bits per heavy atom. The number of rotatable bonds is 8. The number of ether oxygens (including phenoxy) is 1. The Bertz CT molecular complexity index is 676. The van der Waals surface area contributed by atoms with Gasteiger partial charge in [0.1, 0.15) is 0 Å². The molecule has 3 rings (SSSR count). The summed E-state index contributed by atoms with van der Waals surface area (Å²) in [5, 5.41) is 3.43. The van der Waals surface area contributed by atoms with Crippen LogP contribution in [0.25, 0.3) is 0 Å². The lowest BCUT2D eigenvalue weighted by molar-refractivity contribution is -0.128. The summed E-state index contributed by atoms with van der Waals surface area (Å²) in [4.78, 5) is 21.1. The van der Waals surface area contributed by atoms with Crippen molar-refractivity contribution in [3.63, 3.8) is 0 Å². The van der Waals surface area contributed by atoms with E-state index < -0.39 is 0 Å². The van der Waals surface area contributed by atoms with Crippen LogP contribution in [0.3, 0.4) is 0 Å². The molecule has 0 bridgehead atoms. The van der Waals surface area contributed by atoms with Crippen molar-refractivity contribution in [3.8, 4) is 0 Å². The highest BCUT2D eigenvalue weighted by atomic mass is 16.5. The van der Waals surface area contributed by atoms with Crippen LogP contribution < -0.4 is 5.32 Å².